The van der Waals surface area contributed by atoms with E-state index in [4.69, 9.17) is 0 Å². The lowest BCUT2D eigenvalue weighted by molar-refractivity contribution is 0.433. The molecule has 0 radical (unpaired) electrons. The fraction of sp³-hybridized carbons (Fsp3) is 0.778. The second kappa shape index (κ2) is 3.63. The Morgan fingerprint density at radius 2 is 2.20 bits per heavy atom. The molecule has 1 heteroatoms. The van der Waals surface area contributed by atoms with Crippen LogP contribution in [0.5, 0.6) is 0 Å². The van der Waals surface area contributed by atoms with Gasteiger partial charge in [0.15, 0.2) is 0 Å². The van der Waals surface area contributed by atoms with Crippen LogP contribution in [0.3, 0.4) is 0 Å². The van der Waals surface area contributed by atoms with Gasteiger partial charge in [-0.1, -0.05) is 19.8 Å². The summed E-state index contributed by atoms with van der Waals surface area (Å²) in [6, 6.07) is 0. The van der Waals surface area contributed by atoms with Crippen LogP contribution >= 0.6 is 0 Å². The van der Waals surface area contributed by atoms with E-state index in [1.807, 2.05) is 0 Å². The lowest BCUT2D eigenvalue weighted by Crippen LogP contribution is -2.26. The van der Waals surface area contributed by atoms with Gasteiger partial charge in [0.2, 0.25) is 0 Å². The summed E-state index contributed by atoms with van der Waals surface area (Å²) in [5.74, 6) is 7.66. The lowest BCUT2D eigenvalue weighted by atomic mass is 9.95. The topological polar surface area (TPSA) is 12.0 Å². The van der Waals surface area contributed by atoms with Gasteiger partial charge in [-0.3, -0.25) is 0 Å². The minimum absolute atomic E-state index is 0.563. The van der Waals surface area contributed by atoms with Crippen LogP contribution in [-0.2, 0) is 0 Å². The lowest BCUT2D eigenvalue weighted by Gasteiger charge is -2.16. The summed E-state index contributed by atoms with van der Waals surface area (Å²) in [6.07, 6.45) is 1.01. The minimum Gasteiger partial charge on any atom is -0.315 e. The number of rotatable bonds is 0. The molecule has 0 unspecified atom stereocenters. The molecule has 0 aromatic heterocycles. The van der Waals surface area contributed by atoms with Crippen LogP contribution in [0.2, 0.25) is 0 Å². The van der Waals surface area contributed by atoms with Gasteiger partial charge in [-0.05, 0) is 12.5 Å². The molecule has 0 fully saturated rings. The van der Waals surface area contributed by atoms with Gasteiger partial charge in [0.1, 0.15) is 0 Å². The summed E-state index contributed by atoms with van der Waals surface area (Å²) in [6.45, 7) is 6.63. The van der Waals surface area contributed by atoms with Gasteiger partial charge in [0.05, 0.1) is 0 Å². The molecule has 1 rings (SSSR count). The Morgan fingerprint density at radius 3 is 3.00 bits per heavy atom. The Labute approximate surface area is 63.2 Å². The van der Waals surface area contributed by atoms with Crippen LogP contribution < -0.4 is 5.32 Å². The highest BCUT2D eigenvalue weighted by molar-refractivity contribution is 5.05. The number of hydrogen-bond donors (Lipinski definition) is 1. The van der Waals surface area contributed by atoms with Crippen molar-refractivity contribution in [3.8, 4) is 11.8 Å². The van der Waals surface area contributed by atoms with Crippen LogP contribution in [0.4, 0.5) is 0 Å². The zero-order valence-electron chi connectivity index (χ0n) is 6.78. The van der Waals surface area contributed by atoms with Crippen molar-refractivity contribution in [1.82, 2.24) is 5.32 Å². The summed E-state index contributed by atoms with van der Waals surface area (Å²) in [5.41, 5.74) is 0. The molecule has 0 spiro atoms. The quantitative estimate of drug-likeness (QED) is 0.495. The maximum atomic E-state index is 3.36. The molecular weight excluding hydrogens is 122 g/mol. The first-order valence-corrected chi connectivity index (χ1v) is 4.00. The monoisotopic (exact) mass is 137 g/mol. The Hall–Kier alpha value is -0.480. The first kappa shape index (κ1) is 7.63. The molecule has 0 amide bonds. The first-order chi connectivity index (χ1) is 4.80. The Kier molecular flexibility index (Phi) is 2.77. The molecule has 1 aliphatic heterocycles. The smallest absolute Gasteiger partial charge is 0.0214 e. The van der Waals surface area contributed by atoms with Crippen molar-refractivity contribution in [2.45, 2.75) is 20.3 Å². The third-order valence-corrected chi connectivity index (χ3v) is 2.08. The van der Waals surface area contributed by atoms with Crippen LogP contribution in [0, 0.1) is 23.7 Å². The van der Waals surface area contributed by atoms with Crippen molar-refractivity contribution >= 4 is 0 Å². The fourth-order valence-corrected chi connectivity index (χ4v) is 1.03. The molecule has 0 aromatic carbocycles. The van der Waals surface area contributed by atoms with Gasteiger partial charge >= 0.3 is 0 Å². The van der Waals surface area contributed by atoms with Crippen molar-refractivity contribution in [2.24, 2.45) is 11.8 Å². The number of hydrogen-bond acceptors (Lipinski definition) is 1. The van der Waals surface area contributed by atoms with Gasteiger partial charge in [-0.15, -0.1) is 5.92 Å². The molecule has 1 N–H and O–H groups in total. The van der Waals surface area contributed by atoms with E-state index in [1.165, 1.54) is 0 Å². The van der Waals surface area contributed by atoms with Crippen molar-refractivity contribution in [3.05, 3.63) is 0 Å². The van der Waals surface area contributed by atoms with Crippen molar-refractivity contribution in [3.63, 3.8) is 0 Å². The Morgan fingerprint density at radius 1 is 1.40 bits per heavy atom. The SMILES string of the molecule is C[C@H]1C#CCCNC[C@@H]1C. The summed E-state index contributed by atoms with van der Waals surface area (Å²) >= 11 is 0. The van der Waals surface area contributed by atoms with Crippen LogP contribution in [0.25, 0.3) is 0 Å². The predicted octanol–water partition coefficient (Wildman–Crippen LogP) is 1.26. The molecule has 1 heterocycles. The summed E-state index contributed by atoms with van der Waals surface area (Å²) in [5, 5.41) is 3.36. The molecule has 1 aliphatic rings. The maximum absolute atomic E-state index is 3.36. The van der Waals surface area contributed by atoms with Gasteiger partial charge in [0, 0.05) is 18.9 Å². The average molecular weight is 137 g/mol. The third kappa shape index (κ3) is 2.04. The standard InChI is InChI=1S/C9H15N/c1-8-5-3-4-6-10-7-9(8)2/h8-10H,4,6-7H2,1-2H3/t8-,9-/m0/s1. The van der Waals surface area contributed by atoms with Gasteiger partial charge < -0.3 is 5.32 Å². The Balaban J connectivity index is 2.51. The van der Waals surface area contributed by atoms with E-state index in [9.17, 15) is 0 Å². The normalized spacial score (nSPS) is 33.4. The third-order valence-electron chi connectivity index (χ3n) is 2.08. The van der Waals surface area contributed by atoms with Crippen molar-refractivity contribution in [1.29, 1.82) is 0 Å². The maximum Gasteiger partial charge on any atom is 0.0214 e. The van der Waals surface area contributed by atoms with Crippen molar-refractivity contribution < 1.29 is 0 Å². The van der Waals surface area contributed by atoms with Gasteiger partial charge in [-0.25, -0.2) is 0 Å². The highest BCUT2D eigenvalue weighted by Crippen LogP contribution is 2.09. The van der Waals surface area contributed by atoms with E-state index in [0.717, 1.165) is 19.5 Å². The summed E-state index contributed by atoms with van der Waals surface area (Å²) < 4.78 is 0. The van der Waals surface area contributed by atoms with E-state index in [0.29, 0.717) is 11.8 Å². The van der Waals surface area contributed by atoms with E-state index in [2.05, 4.69) is 31.0 Å². The van der Waals surface area contributed by atoms with Crippen LogP contribution in [-0.4, -0.2) is 13.1 Å². The Bertz CT molecular complexity index is 152. The molecule has 0 bridgehead atoms. The average Bonchev–Trinajstić information content (AvgIpc) is 1.92. The molecule has 0 saturated carbocycles. The van der Waals surface area contributed by atoms with E-state index in [1.54, 1.807) is 0 Å². The van der Waals surface area contributed by atoms with Crippen molar-refractivity contribution in [2.75, 3.05) is 13.1 Å². The summed E-state index contributed by atoms with van der Waals surface area (Å²) in [7, 11) is 0. The molecule has 10 heavy (non-hydrogen) atoms. The van der Waals surface area contributed by atoms with E-state index in [-0.39, 0.29) is 0 Å². The largest absolute Gasteiger partial charge is 0.315 e. The minimum atomic E-state index is 0.563. The summed E-state index contributed by atoms with van der Waals surface area (Å²) in [4.78, 5) is 0. The molecule has 2 atom stereocenters. The second-order valence-corrected chi connectivity index (χ2v) is 3.04. The molecule has 56 valence electrons. The zero-order valence-corrected chi connectivity index (χ0v) is 6.78. The number of nitrogens with one attached hydrogen (secondary N) is 1. The van der Waals surface area contributed by atoms with Gasteiger partial charge in [-0.2, -0.15) is 0 Å². The zero-order chi connectivity index (χ0) is 7.40. The van der Waals surface area contributed by atoms with Crippen LogP contribution in [0.15, 0.2) is 0 Å². The molecule has 0 saturated heterocycles. The highest BCUT2D eigenvalue weighted by atomic mass is 14.9. The predicted molar refractivity (Wildman–Crippen MR) is 43.6 cm³/mol. The molecule has 0 aliphatic carbocycles. The fourth-order valence-electron chi connectivity index (χ4n) is 1.03. The van der Waals surface area contributed by atoms with Gasteiger partial charge in [0.25, 0.3) is 0 Å². The van der Waals surface area contributed by atoms with E-state index < -0.39 is 0 Å². The first-order valence-electron chi connectivity index (χ1n) is 4.00. The molecule has 1 nitrogen and oxygen atoms in total. The van der Waals surface area contributed by atoms with Crippen LogP contribution in [0.1, 0.15) is 20.3 Å². The van der Waals surface area contributed by atoms with E-state index >= 15 is 0 Å². The molecular formula is C9H15N. The highest BCUT2D eigenvalue weighted by Gasteiger charge is 2.09. The second-order valence-electron chi connectivity index (χ2n) is 3.04. The molecule has 0 aromatic rings.